The topological polar surface area (TPSA) is 114 Å². The van der Waals surface area contributed by atoms with E-state index in [-0.39, 0.29) is 31.8 Å². The van der Waals surface area contributed by atoms with Gasteiger partial charge < -0.3 is 10.6 Å². The Kier molecular flexibility index (Phi) is 11.3. The van der Waals surface area contributed by atoms with E-state index in [0.717, 1.165) is 6.42 Å². The van der Waals surface area contributed by atoms with Gasteiger partial charge in [-0.1, -0.05) is 25.7 Å². The third-order valence-electron chi connectivity index (χ3n) is 5.74. The van der Waals surface area contributed by atoms with Crippen molar-refractivity contribution >= 4 is 17.5 Å². The monoisotopic (exact) mass is 569 g/mol. The normalized spacial score (nSPS) is 15.6. The Hall–Kier alpha value is -3.71. The largest absolute Gasteiger partial charge is 0.389 e. The second-order valence-corrected chi connectivity index (χ2v) is 9.58. The molecule has 0 saturated heterocycles. The lowest BCUT2D eigenvalue weighted by Gasteiger charge is -2.20. The summed E-state index contributed by atoms with van der Waals surface area (Å²) in [5, 5.41) is 9.24. The number of aromatic nitrogens is 5. The van der Waals surface area contributed by atoms with Crippen LogP contribution in [0.3, 0.4) is 0 Å². The number of halogens is 5. The third-order valence-corrected chi connectivity index (χ3v) is 5.74. The van der Waals surface area contributed by atoms with Crippen LogP contribution in [0.4, 0.5) is 22.0 Å². The lowest BCUT2D eigenvalue weighted by molar-refractivity contribution is -0.144. The molecule has 2 amide bonds. The van der Waals surface area contributed by atoms with Gasteiger partial charge in [0.2, 0.25) is 11.8 Å². The Labute approximate surface area is 228 Å². The summed E-state index contributed by atoms with van der Waals surface area (Å²) in [5.41, 5.74) is 1.92. The predicted molar refractivity (Wildman–Crippen MR) is 135 cm³/mol. The van der Waals surface area contributed by atoms with Crippen LogP contribution in [-0.2, 0) is 17.9 Å². The number of carbonyl (C=O) groups excluding carboxylic acids is 2. The maximum absolute atomic E-state index is 12.2. The summed E-state index contributed by atoms with van der Waals surface area (Å²) in [5.74, 6) is -3.37. The summed E-state index contributed by atoms with van der Waals surface area (Å²) in [7, 11) is 0. The van der Waals surface area contributed by atoms with Gasteiger partial charge in [-0.2, -0.15) is 18.3 Å². The van der Waals surface area contributed by atoms with Gasteiger partial charge in [0.1, 0.15) is 6.33 Å². The number of fused-ring (bicyclic) bond motifs is 1. The minimum atomic E-state index is -4.37. The van der Waals surface area contributed by atoms with Gasteiger partial charge in [0.15, 0.2) is 5.65 Å². The molecule has 0 aliphatic heterocycles. The number of hydrogen-bond donors (Lipinski definition) is 2. The first kappa shape index (κ1) is 30.8. The van der Waals surface area contributed by atoms with Gasteiger partial charge in [0.25, 0.3) is 5.91 Å². The Morgan fingerprint density at radius 3 is 2.15 bits per heavy atom. The Morgan fingerprint density at radius 2 is 1.57 bits per heavy atom. The smallest absolute Gasteiger partial charge is 0.352 e. The molecule has 9 nitrogen and oxygen atoms in total. The van der Waals surface area contributed by atoms with E-state index in [1.54, 1.807) is 12.3 Å². The lowest BCUT2D eigenvalue weighted by atomic mass is 9.97. The zero-order valence-electron chi connectivity index (χ0n) is 21.9. The molecule has 2 fully saturated rings. The van der Waals surface area contributed by atoms with Gasteiger partial charge in [-0.05, 0) is 24.5 Å². The van der Waals surface area contributed by atoms with E-state index in [1.807, 2.05) is 0 Å². The lowest BCUT2D eigenvalue weighted by Crippen LogP contribution is -2.24. The Morgan fingerprint density at radius 1 is 0.925 bits per heavy atom. The minimum Gasteiger partial charge on any atom is -0.352 e. The van der Waals surface area contributed by atoms with Crippen LogP contribution < -0.4 is 10.6 Å². The number of rotatable bonds is 7. The Balaban J connectivity index is 0.000000331. The highest BCUT2D eigenvalue weighted by molar-refractivity contribution is 5.93. The van der Waals surface area contributed by atoms with E-state index >= 15 is 0 Å². The molecule has 0 spiro atoms. The third kappa shape index (κ3) is 12.0. The van der Waals surface area contributed by atoms with E-state index in [1.165, 1.54) is 48.7 Å². The molecular weight excluding hydrogens is 537 g/mol. The zero-order chi connectivity index (χ0) is 29.0. The van der Waals surface area contributed by atoms with E-state index in [2.05, 4.69) is 30.7 Å². The number of nitrogens with one attached hydrogen (secondary N) is 2. The molecule has 2 N–H and O–H groups in total. The molecule has 5 rings (SSSR count). The van der Waals surface area contributed by atoms with Gasteiger partial charge in [-0.25, -0.2) is 28.2 Å². The van der Waals surface area contributed by atoms with Gasteiger partial charge >= 0.3 is 6.18 Å². The van der Waals surface area contributed by atoms with Crippen molar-refractivity contribution in [2.24, 2.45) is 0 Å². The number of alkyl halides is 5. The molecule has 3 aromatic heterocycles. The van der Waals surface area contributed by atoms with Crippen molar-refractivity contribution in [3.63, 3.8) is 0 Å². The number of hydrogen-bond acceptors (Lipinski definition) is 6. The molecule has 0 aromatic carbocycles. The van der Waals surface area contributed by atoms with Crippen LogP contribution in [-0.4, -0.2) is 48.5 Å². The molecule has 0 unspecified atom stereocenters. The molecule has 0 radical (unpaired) electrons. The molecule has 3 heterocycles. The van der Waals surface area contributed by atoms with Crippen LogP contribution in [0.1, 0.15) is 85.8 Å². The maximum atomic E-state index is 12.2. The quantitative estimate of drug-likeness (QED) is 0.380. The molecule has 2 aliphatic carbocycles. The molecule has 2 aliphatic rings. The number of amides is 2. The fraction of sp³-hybridized carbons (Fsp3) is 0.538. The van der Waals surface area contributed by atoms with Crippen LogP contribution >= 0.6 is 0 Å². The average molecular weight is 570 g/mol. The molecule has 3 aromatic rings. The second-order valence-electron chi connectivity index (χ2n) is 9.58. The summed E-state index contributed by atoms with van der Waals surface area (Å²) >= 11 is 0. The molecule has 218 valence electrons. The Bertz CT molecular complexity index is 1220. The van der Waals surface area contributed by atoms with Gasteiger partial charge in [-0.15, -0.1) is 0 Å². The zero-order valence-corrected chi connectivity index (χ0v) is 21.9. The fourth-order valence-corrected chi connectivity index (χ4v) is 3.45. The number of imidazole rings is 1. The van der Waals surface area contributed by atoms with Crippen molar-refractivity contribution in [1.29, 1.82) is 0 Å². The molecule has 0 bridgehead atoms. The summed E-state index contributed by atoms with van der Waals surface area (Å²) in [6.45, 7) is 0.188. The highest BCUT2D eigenvalue weighted by Gasteiger charge is 2.30. The van der Waals surface area contributed by atoms with Crippen molar-refractivity contribution in [2.45, 2.75) is 89.4 Å². The van der Waals surface area contributed by atoms with Crippen LogP contribution in [0, 0.1) is 0 Å². The van der Waals surface area contributed by atoms with Crippen LogP contribution in [0.25, 0.3) is 5.65 Å². The minimum absolute atomic E-state index is 0.0348. The van der Waals surface area contributed by atoms with Crippen molar-refractivity contribution in [3.8, 4) is 0 Å². The van der Waals surface area contributed by atoms with E-state index in [4.69, 9.17) is 0 Å². The summed E-state index contributed by atoms with van der Waals surface area (Å²) in [6, 6.07) is 1.65. The highest BCUT2D eigenvalue weighted by Crippen LogP contribution is 2.32. The summed E-state index contributed by atoms with van der Waals surface area (Å²) in [6.07, 6.45) is 8.21. The van der Waals surface area contributed by atoms with Crippen LogP contribution in [0.2, 0.25) is 0 Å². The standard InChI is InChI=1S/C17H16F3N7O2.C6H10F2.C3H6/c18-17(19,20)2-1-15(28)23-4-11-3-14-26-13(9-27(14)25-5-11)8-24-16(29)12-6-21-10-22-7-12;7-6(8)4-2-1-3-5-6;1-2-3-1/h3,5-7,9-10H,1-2,4,8H2,(H,23,28)(H,24,29);1-5H2;1-3H2. The molecule has 2 saturated carbocycles. The maximum Gasteiger partial charge on any atom is 0.389 e. The highest BCUT2D eigenvalue weighted by atomic mass is 19.4. The summed E-state index contributed by atoms with van der Waals surface area (Å²) in [4.78, 5) is 35.4. The van der Waals surface area contributed by atoms with Crippen LogP contribution in [0.5, 0.6) is 0 Å². The first-order valence-corrected chi connectivity index (χ1v) is 13.1. The first-order valence-electron chi connectivity index (χ1n) is 13.1. The van der Waals surface area contributed by atoms with E-state index in [0.29, 0.717) is 35.3 Å². The molecule has 40 heavy (non-hydrogen) atoms. The van der Waals surface area contributed by atoms with Crippen LogP contribution in [0.15, 0.2) is 37.2 Å². The van der Waals surface area contributed by atoms with Gasteiger partial charge in [0, 0.05) is 38.2 Å². The van der Waals surface area contributed by atoms with Crippen molar-refractivity contribution in [1.82, 2.24) is 35.2 Å². The first-order chi connectivity index (χ1) is 19.0. The van der Waals surface area contributed by atoms with Gasteiger partial charge in [0.05, 0.1) is 36.6 Å². The summed E-state index contributed by atoms with van der Waals surface area (Å²) < 4.78 is 62.3. The fourth-order valence-electron chi connectivity index (χ4n) is 3.45. The van der Waals surface area contributed by atoms with Gasteiger partial charge in [-0.3, -0.25) is 9.59 Å². The van der Waals surface area contributed by atoms with Crippen molar-refractivity contribution in [2.75, 3.05) is 0 Å². The average Bonchev–Trinajstić information content (AvgIpc) is 3.75. The van der Waals surface area contributed by atoms with Crippen molar-refractivity contribution < 1.29 is 31.5 Å². The molecule has 0 atom stereocenters. The second kappa shape index (κ2) is 14.6. The number of nitrogens with zero attached hydrogens (tertiary/aromatic N) is 5. The predicted octanol–water partition coefficient (Wildman–Crippen LogP) is 5.16. The molecular formula is C26H32F5N7O2. The SMILES string of the molecule is C1CC1.FC1(F)CCCCC1.O=C(CCC(F)(F)F)NCc1cnn2cc(CNC(=O)c3cncnc3)nc2c1. The van der Waals surface area contributed by atoms with E-state index < -0.39 is 30.8 Å². The van der Waals surface area contributed by atoms with Crippen molar-refractivity contribution in [3.05, 3.63) is 54.0 Å². The molecule has 14 heteroatoms. The number of carbonyl (C=O) groups is 2. The van der Waals surface area contributed by atoms with E-state index in [9.17, 15) is 31.5 Å².